The Kier molecular flexibility index (Phi) is 8.44. The van der Waals surface area contributed by atoms with Crippen molar-refractivity contribution < 1.29 is 23.7 Å². The second kappa shape index (κ2) is 11.5. The number of urea groups is 1. The van der Waals surface area contributed by atoms with Gasteiger partial charge in [-0.15, -0.1) is 0 Å². The van der Waals surface area contributed by atoms with E-state index >= 15 is 0 Å². The van der Waals surface area contributed by atoms with Crippen LogP contribution in [0.15, 0.2) is 36.4 Å². The van der Waals surface area contributed by atoms with E-state index in [1.54, 1.807) is 28.4 Å². The first kappa shape index (κ1) is 23.5. The first-order valence-electron chi connectivity index (χ1n) is 10.7. The highest BCUT2D eigenvalue weighted by Gasteiger charge is 2.21. The van der Waals surface area contributed by atoms with Gasteiger partial charge in [-0.05, 0) is 41.8 Å². The predicted octanol–water partition coefficient (Wildman–Crippen LogP) is 2.79. The van der Waals surface area contributed by atoms with E-state index in [0.717, 1.165) is 37.4 Å². The van der Waals surface area contributed by atoms with E-state index in [1.165, 1.54) is 5.56 Å². The molecule has 0 unspecified atom stereocenters. The number of rotatable bonds is 9. The van der Waals surface area contributed by atoms with Gasteiger partial charge < -0.3 is 29.2 Å². The van der Waals surface area contributed by atoms with Crippen LogP contribution in [-0.2, 0) is 13.0 Å². The number of carbonyl (C=O) groups is 1. The van der Waals surface area contributed by atoms with Crippen molar-refractivity contribution >= 4 is 6.03 Å². The Hall–Kier alpha value is -3.13. The van der Waals surface area contributed by atoms with E-state index in [0.29, 0.717) is 36.9 Å². The number of hydrogen-bond donors (Lipinski definition) is 1. The topological polar surface area (TPSA) is 72.5 Å². The van der Waals surface area contributed by atoms with Crippen molar-refractivity contribution in [2.24, 2.45) is 0 Å². The van der Waals surface area contributed by atoms with E-state index in [2.05, 4.69) is 22.3 Å². The van der Waals surface area contributed by atoms with Crippen molar-refractivity contribution in [1.29, 1.82) is 0 Å². The maximum absolute atomic E-state index is 12.6. The minimum atomic E-state index is -0.0615. The summed E-state index contributed by atoms with van der Waals surface area (Å²) in [6.07, 6.45) is 0.983. The fourth-order valence-electron chi connectivity index (χ4n) is 3.78. The number of carbonyl (C=O) groups excluding carboxylic acids is 1. The zero-order valence-corrected chi connectivity index (χ0v) is 19.3. The molecule has 0 spiro atoms. The first-order valence-corrected chi connectivity index (χ1v) is 10.7. The van der Waals surface area contributed by atoms with E-state index < -0.39 is 0 Å². The lowest BCUT2D eigenvalue weighted by Gasteiger charge is -2.34. The molecular weight excluding hydrogens is 410 g/mol. The molecule has 1 N–H and O–H groups in total. The van der Waals surface area contributed by atoms with Gasteiger partial charge in [-0.3, -0.25) is 4.90 Å². The third-order valence-electron chi connectivity index (χ3n) is 5.70. The average molecular weight is 444 g/mol. The standard InChI is InChI=1S/C24H33N3O5/c1-29-20-7-5-18(6-8-20)9-10-26-11-13-27(14-12-26)24(28)25-17-19-15-21(30-2)23(32-4)22(16-19)31-3/h5-8,15-16H,9-14,17H2,1-4H3,(H,25,28). The van der Waals surface area contributed by atoms with Gasteiger partial charge in [0, 0.05) is 39.3 Å². The zero-order chi connectivity index (χ0) is 22.9. The molecule has 0 aliphatic carbocycles. The van der Waals surface area contributed by atoms with Gasteiger partial charge in [0.2, 0.25) is 5.75 Å². The summed E-state index contributed by atoms with van der Waals surface area (Å²) >= 11 is 0. The summed E-state index contributed by atoms with van der Waals surface area (Å²) in [4.78, 5) is 16.9. The van der Waals surface area contributed by atoms with Gasteiger partial charge in [0.05, 0.1) is 28.4 Å². The molecule has 0 saturated carbocycles. The Morgan fingerprint density at radius 3 is 2.00 bits per heavy atom. The molecule has 0 atom stereocenters. The Morgan fingerprint density at radius 1 is 0.844 bits per heavy atom. The normalized spacial score (nSPS) is 14.1. The Balaban J connectivity index is 1.45. The lowest BCUT2D eigenvalue weighted by Crippen LogP contribution is -2.51. The average Bonchev–Trinajstić information content (AvgIpc) is 2.85. The molecule has 2 aromatic rings. The number of hydrogen-bond acceptors (Lipinski definition) is 6. The lowest BCUT2D eigenvalue weighted by atomic mass is 10.1. The molecule has 174 valence electrons. The molecule has 0 radical (unpaired) electrons. The molecule has 1 saturated heterocycles. The van der Waals surface area contributed by atoms with Gasteiger partial charge in [-0.25, -0.2) is 4.79 Å². The summed E-state index contributed by atoms with van der Waals surface area (Å²) < 4.78 is 21.3. The Bertz CT molecular complexity index is 855. The molecule has 8 nitrogen and oxygen atoms in total. The molecule has 0 bridgehead atoms. The maximum atomic E-state index is 12.6. The van der Waals surface area contributed by atoms with E-state index in [-0.39, 0.29) is 6.03 Å². The van der Waals surface area contributed by atoms with Crippen LogP contribution in [0, 0.1) is 0 Å². The minimum absolute atomic E-state index is 0.0615. The monoisotopic (exact) mass is 443 g/mol. The highest BCUT2D eigenvalue weighted by molar-refractivity contribution is 5.74. The summed E-state index contributed by atoms with van der Waals surface area (Å²) in [5.74, 6) is 2.55. The van der Waals surface area contributed by atoms with Crippen LogP contribution in [-0.4, -0.2) is 77.0 Å². The van der Waals surface area contributed by atoms with Crippen LogP contribution in [0.1, 0.15) is 11.1 Å². The maximum Gasteiger partial charge on any atom is 0.317 e. The molecule has 8 heteroatoms. The fourth-order valence-corrected chi connectivity index (χ4v) is 3.78. The molecule has 32 heavy (non-hydrogen) atoms. The number of ether oxygens (including phenoxy) is 4. The summed E-state index contributed by atoms with van der Waals surface area (Å²) in [5.41, 5.74) is 2.17. The van der Waals surface area contributed by atoms with Crippen LogP contribution >= 0.6 is 0 Å². The van der Waals surface area contributed by atoms with Crippen molar-refractivity contribution in [3.05, 3.63) is 47.5 Å². The first-order chi connectivity index (χ1) is 15.6. The largest absolute Gasteiger partial charge is 0.497 e. The minimum Gasteiger partial charge on any atom is -0.497 e. The van der Waals surface area contributed by atoms with Crippen molar-refractivity contribution in [1.82, 2.24) is 15.1 Å². The predicted molar refractivity (Wildman–Crippen MR) is 123 cm³/mol. The lowest BCUT2D eigenvalue weighted by molar-refractivity contribution is 0.140. The van der Waals surface area contributed by atoms with Gasteiger partial charge in [0.25, 0.3) is 0 Å². The Morgan fingerprint density at radius 2 is 1.47 bits per heavy atom. The number of methoxy groups -OCH3 is 4. The van der Waals surface area contributed by atoms with Crippen LogP contribution in [0.3, 0.4) is 0 Å². The molecule has 1 aliphatic rings. The molecule has 2 amide bonds. The molecule has 1 heterocycles. The van der Waals surface area contributed by atoms with Crippen LogP contribution in [0.2, 0.25) is 0 Å². The highest BCUT2D eigenvalue weighted by atomic mass is 16.5. The number of piperazine rings is 1. The van der Waals surface area contributed by atoms with Crippen LogP contribution < -0.4 is 24.3 Å². The second-order valence-electron chi connectivity index (χ2n) is 7.62. The third-order valence-corrected chi connectivity index (χ3v) is 5.70. The van der Waals surface area contributed by atoms with E-state index in [1.807, 2.05) is 29.2 Å². The van der Waals surface area contributed by atoms with Crippen LogP contribution in [0.4, 0.5) is 4.79 Å². The van der Waals surface area contributed by atoms with Gasteiger partial charge in [0.1, 0.15) is 5.75 Å². The Labute approximate surface area is 190 Å². The van der Waals surface area contributed by atoms with Gasteiger partial charge >= 0.3 is 6.03 Å². The zero-order valence-electron chi connectivity index (χ0n) is 19.3. The SMILES string of the molecule is COc1ccc(CCN2CCN(C(=O)NCc3cc(OC)c(OC)c(OC)c3)CC2)cc1. The van der Waals surface area contributed by atoms with E-state index in [4.69, 9.17) is 18.9 Å². The van der Waals surface area contributed by atoms with Gasteiger partial charge in [-0.1, -0.05) is 12.1 Å². The van der Waals surface area contributed by atoms with Crippen LogP contribution in [0.5, 0.6) is 23.0 Å². The van der Waals surface area contributed by atoms with Crippen molar-refractivity contribution in [2.75, 3.05) is 61.2 Å². The smallest absolute Gasteiger partial charge is 0.317 e. The molecule has 3 rings (SSSR count). The number of nitrogens with one attached hydrogen (secondary N) is 1. The summed E-state index contributed by atoms with van der Waals surface area (Å²) in [7, 11) is 6.40. The summed E-state index contributed by atoms with van der Waals surface area (Å²) in [6, 6.07) is 11.8. The van der Waals surface area contributed by atoms with Crippen molar-refractivity contribution in [2.45, 2.75) is 13.0 Å². The van der Waals surface area contributed by atoms with Crippen LogP contribution in [0.25, 0.3) is 0 Å². The molecule has 2 aromatic carbocycles. The molecular formula is C24H33N3O5. The molecule has 1 fully saturated rings. The number of nitrogens with zero attached hydrogens (tertiary/aromatic N) is 2. The quantitative estimate of drug-likeness (QED) is 0.643. The molecule has 0 aromatic heterocycles. The van der Waals surface area contributed by atoms with Crippen molar-refractivity contribution in [3.8, 4) is 23.0 Å². The third kappa shape index (κ3) is 5.97. The summed E-state index contributed by atoms with van der Waals surface area (Å²) in [6.45, 7) is 4.52. The highest BCUT2D eigenvalue weighted by Crippen LogP contribution is 2.38. The van der Waals surface area contributed by atoms with Gasteiger partial charge in [-0.2, -0.15) is 0 Å². The van der Waals surface area contributed by atoms with Crippen molar-refractivity contribution in [3.63, 3.8) is 0 Å². The summed E-state index contributed by atoms with van der Waals surface area (Å²) in [5, 5.41) is 3.00. The van der Waals surface area contributed by atoms with Gasteiger partial charge in [0.15, 0.2) is 11.5 Å². The fraction of sp³-hybridized carbons (Fsp3) is 0.458. The number of amides is 2. The molecule has 1 aliphatic heterocycles. The number of benzene rings is 2. The second-order valence-corrected chi connectivity index (χ2v) is 7.62. The van der Waals surface area contributed by atoms with E-state index in [9.17, 15) is 4.79 Å².